The van der Waals surface area contributed by atoms with Gasteiger partial charge in [0.2, 0.25) is 0 Å². The minimum Gasteiger partial charge on any atom is -0.465 e. The van der Waals surface area contributed by atoms with Crippen LogP contribution in [0.15, 0.2) is 18.2 Å². The van der Waals surface area contributed by atoms with E-state index in [2.05, 4.69) is 0 Å². The Bertz CT molecular complexity index is 569. The zero-order valence-corrected chi connectivity index (χ0v) is 12.6. The third-order valence-corrected chi connectivity index (χ3v) is 4.09. The molecule has 1 amide bonds. The fraction of sp³-hybridized carbons (Fsp3) is 0.533. The van der Waals surface area contributed by atoms with Crippen molar-refractivity contribution in [1.29, 1.82) is 0 Å². The fourth-order valence-electron chi connectivity index (χ4n) is 2.79. The van der Waals surface area contributed by atoms with Gasteiger partial charge in [-0.2, -0.15) is 13.2 Å². The molecule has 4 nitrogen and oxygen atoms in total. The van der Waals surface area contributed by atoms with E-state index in [1.165, 1.54) is 0 Å². The van der Waals surface area contributed by atoms with Crippen molar-refractivity contribution in [3.8, 4) is 0 Å². The normalized spacial score (nSPS) is 17.3. The number of amides is 1. The first-order valence-corrected chi connectivity index (χ1v) is 7.22. The maximum Gasteiger partial charge on any atom is 0.416 e. The predicted octanol–water partition coefficient (Wildman–Crippen LogP) is 3.42. The first-order chi connectivity index (χ1) is 10.7. The van der Waals surface area contributed by atoms with Crippen LogP contribution in [-0.2, 0) is 12.7 Å². The molecule has 1 aromatic carbocycles. The molecule has 8 heteroatoms. The van der Waals surface area contributed by atoms with Crippen molar-refractivity contribution in [3.63, 3.8) is 0 Å². The number of carbonyl (C=O) groups is 1. The van der Waals surface area contributed by atoms with Crippen LogP contribution in [0.4, 0.5) is 22.4 Å². The molecular formula is C15H18F4N2O2. The molecule has 0 radical (unpaired) electrons. The van der Waals surface area contributed by atoms with Gasteiger partial charge in [-0.25, -0.2) is 9.18 Å². The minimum atomic E-state index is -4.73. The van der Waals surface area contributed by atoms with E-state index in [0.717, 1.165) is 17.0 Å². The Morgan fingerprint density at radius 2 is 1.96 bits per heavy atom. The molecule has 0 atom stereocenters. The molecule has 1 saturated heterocycles. The quantitative estimate of drug-likeness (QED) is 0.862. The second kappa shape index (κ2) is 6.74. The van der Waals surface area contributed by atoms with Crippen molar-refractivity contribution in [1.82, 2.24) is 9.80 Å². The predicted molar refractivity (Wildman–Crippen MR) is 75.5 cm³/mol. The highest BCUT2D eigenvalue weighted by atomic mass is 19.4. The summed E-state index contributed by atoms with van der Waals surface area (Å²) in [7, 11) is 1.91. The fourth-order valence-corrected chi connectivity index (χ4v) is 2.79. The highest BCUT2D eigenvalue weighted by Crippen LogP contribution is 2.33. The molecule has 1 aliphatic rings. The van der Waals surface area contributed by atoms with E-state index in [1.807, 2.05) is 11.9 Å². The number of benzene rings is 1. The molecule has 23 heavy (non-hydrogen) atoms. The van der Waals surface area contributed by atoms with Gasteiger partial charge in [0.15, 0.2) is 0 Å². The van der Waals surface area contributed by atoms with Gasteiger partial charge in [-0.05, 0) is 50.7 Å². The second-order valence-corrected chi connectivity index (χ2v) is 5.74. The summed E-state index contributed by atoms with van der Waals surface area (Å²) < 4.78 is 52.2. The molecule has 0 saturated carbocycles. The summed E-state index contributed by atoms with van der Waals surface area (Å²) in [5.41, 5.74) is -1.36. The number of rotatable bonds is 3. The lowest BCUT2D eigenvalue weighted by atomic mass is 10.0. The first kappa shape index (κ1) is 17.5. The van der Waals surface area contributed by atoms with Crippen molar-refractivity contribution in [2.75, 3.05) is 20.1 Å². The van der Waals surface area contributed by atoms with E-state index in [9.17, 15) is 27.5 Å². The molecule has 1 aromatic rings. The van der Waals surface area contributed by atoms with Crippen LogP contribution >= 0.6 is 0 Å². The monoisotopic (exact) mass is 334 g/mol. The zero-order chi connectivity index (χ0) is 17.2. The van der Waals surface area contributed by atoms with E-state index in [4.69, 9.17) is 0 Å². The molecule has 1 aliphatic heterocycles. The Balaban J connectivity index is 2.25. The van der Waals surface area contributed by atoms with Gasteiger partial charge >= 0.3 is 12.3 Å². The van der Waals surface area contributed by atoms with Crippen molar-refractivity contribution >= 4 is 6.09 Å². The van der Waals surface area contributed by atoms with Crippen LogP contribution in [0.1, 0.15) is 24.0 Å². The molecule has 0 aliphatic carbocycles. The Morgan fingerprint density at radius 1 is 1.35 bits per heavy atom. The summed E-state index contributed by atoms with van der Waals surface area (Å²) >= 11 is 0. The molecule has 1 N–H and O–H groups in total. The lowest BCUT2D eigenvalue weighted by Gasteiger charge is -2.36. The Kier molecular flexibility index (Phi) is 5.13. The number of hydrogen-bond acceptors (Lipinski definition) is 2. The molecule has 2 rings (SSSR count). The molecule has 0 spiro atoms. The van der Waals surface area contributed by atoms with Gasteiger partial charge < -0.3 is 14.9 Å². The Labute approximate surface area is 131 Å². The van der Waals surface area contributed by atoms with E-state index < -0.39 is 30.2 Å². The minimum absolute atomic E-state index is 0.236. The summed E-state index contributed by atoms with van der Waals surface area (Å²) in [4.78, 5) is 14.5. The summed E-state index contributed by atoms with van der Waals surface area (Å²) in [5.74, 6) is -0.998. The summed E-state index contributed by atoms with van der Waals surface area (Å²) in [6.07, 6.45) is -4.87. The van der Waals surface area contributed by atoms with Crippen molar-refractivity contribution in [2.45, 2.75) is 31.6 Å². The van der Waals surface area contributed by atoms with Crippen molar-refractivity contribution in [3.05, 3.63) is 35.1 Å². The molecule has 0 bridgehead atoms. The van der Waals surface area contributed by atoms with E-state index in [-0.39, 0.29) is 11.6 Å². The second-order valence-electron chi connectivity index (χ2n) is 5.74. The zero-order valence-electron chi connectivity index (χ0n) is 12.6. The van der Waals surface area contributed by atoms with Gasteiger partial charge in [-0.15, -0.1) is 0 Å². The lowest BCUT2D eigenvalue weighted by molar-refractivity contribution is -0.138. The third-order valence-electron chi connectivity index (χ3n) is 4.09. The van der Waals surface area contributed by atoms with Crippen molar-refractivity contribution in [2.24, 2.45) is 0 Å². The summed E-state index contributed by atoms with van der Waals surface area (Å²) in [6.45, 7) is 0.965. The van der Waals surface area contributed by atoms with Crippen LogP contribution in [-0.4, -0.2) is 47.2 Å². The van der Waals surface area contributed by atoms with Gasteiger partial charge in [-0.3, -0.25) is 0 Å². The maximum atomic E-state index is 13.1. The van der Waals surface area contributed by atoms with Gasteiger partial charge in [0, 0.05) is 12.6 Å². The maximum absolute atomic E-state index is 13.1. The molecular weight excluding hydrogens is 316 g/mol. The number of halogens is 4. The number of piperidine rings is 1. The summed E-state index contributed by atoms with van der Waals surface area (Å²) in [6, 6.07) is 1.99. The number of alkyl halides is 3. The van der Waals surface area contributed by atoms with Crippen molar-refractivity contribution < 1.29 is 27.5 Å². The SMILES string of the molecule is CN1CCC(N(Cc2ccc(F)cc2C(F)(F)F)C(=O)O)CC1. The van der Waals surface area contributed by atoms with Crippen LogP contribution in [0.25, 0.3) is 0 Å². The van der Waals surface area contributed by atoms with Crippen LogP contribution in [0.5, 0.6) is 0 Å². The van der Waals surface area contributed by atoms with Crippen LogP contribution in [0.3, 0.4) is 0 Å². The summed E-state index contributed by atoms with van der Waals surface area (Å²) in [5, 5.41) is 9.36. The molecule has 0 aromatic heterocycles. The number of hydrogen-bond donors (Lipinski definition) is 1. The lowest BCUT2D eigenvalue weighted by Crippen LogP contribution is -2.45. The number of nitrogens with zero attached hydrogens (tertiary/aromatic N) is 2. The average Bonchev–Trinajstić information content (AvgIpc) is 2.46. The largest absolute Gasteiger partial charge is 0.465 e. The topological polar surface area (TPSA) is 43.8 Å². The highest BCUT2D eigenvalue weighted by molar-refractivity contribution is 5.65. The third kappa shape index (κ3) is 4.34. The highest BCUT2D eigenvalue weighted by Gasteiger charge is 2.35. The van der Waals surface area contributed by atoms with Gasteiger partial charge in [0.25, 0.3) is 0 Å². The number of carboxylic acid groups (broad SMARTS) is 1. The smallest absolute Gasteiger partial charge is 0.416 e. The molecule has 1 fully saturated rings. The van der Waals surface area contributed by atoms with Crippen LogP contribution in [0, 0.1) is 5.82 Å². The van der Waals surface area contributed by atoms with Crippen LogP contribution in [0.2, 0.25) is 0 Å². The number of likely N-dealkylation sites (tertiary alicyclic amines) is 1. The molecule has 1 heterocycles. The first-order valence-electron chi connectivity index (χ1n) is 7.22. The van der Waals surface area contributed by atoms with Gasteiger partial charge in [0.1, 0.15) is 5.82 Å². The van der Waals surface area contributed by atoms with Gasteiger partial charge in [-0.1, -0.05) is 6.07 Å². The van der Waals surface area contributed by atoms with Gasteiger partial charge in [0.05, 0.1) is 5.56 Å². The molecule has 128 valence electrons. The molecule has 0 unspecified atom stereocenters. The Morgan fingerprint density at radius 3 is 2.48 bits per heavy atom. The average molecular weight is 334 g/mol. The van der Waals surface area contributed by atoms with E-state index in [0.29, 0.717) is 32.0 Å². The van der Waals surface area contributed by atoms with Crippen LogP contribution < -0.4 is 0 Å². The standard InChI is InChI=1S/C15H18F4N2O2/c1-20-6-4-12(5-7-20)21(14(22)23)9-10-2-3-11(16)8-13(10)15(17,18)19/h2-3,8,12H,4-7,9H2,1H3,(H,22,23). The van der Waals surface area contributed by atoms with E-state index >= 15 is 0 Å². The Hall–Kier alpha value is -1.83. The van der Waals surface area contributed by atoms with E-state index in [1.54, 1.807) is 0 Å².